The molecule has 2 N–H and O–H groups in total. The van der Waals surface area contributed by atoms with Crippen LogP contribution in [-0.2, 0) is 20.6 Å². The monoisotopic (exact) mass is 387 g/mol. The molecule has 1 aromatic carbocycles. The molecule has 1 unspecified atom stereocenters. The van der Waals surface area contributed by atoms with Crippen molar-refractivity contribution in [1.29, 1.82) is 0 Å². The third-order valence-corrected chi connectivity index (χ3v) is 3.85. The van der Waals surface area contributed by atoms with Crippen LogP contribution in [0, 0.1) is 0 Å². The molecule has 0 saturated carbocycles. The Morgan fingerprint density at radius 3 is 2.50 bits per heavy atom. The molecule has 0 aliphatic heterocycles. The summed E-state index contributed by atoms with van der Waals surface area (Å²) in [4.78, 5) is 26.5. The topological polar surface area (TPSA) is 98.9 Å². The number of amides is 1. The maximum atomic E-state index is 11.9. The van der Waals surface area contributed by atoms with E-state index in [0.29, 0.717) is 18.8 Å². The quantitative estimate of drug-likeness (QED) is 0.390. The van der Waals surface area contributed by atoms with Crippen molar-refractivity contribution < 1.29 is 28.5 Å². The summed E-state index contributed by atoms with van der Waals surface area (Å²) in [6.07, 6.45) is 0.807. The molecule has 8 nitrogen and oxygen atoms in total. The van der Waals surface area contributed by atoms with Gasteiger partial charge in [-0.3, -0.25) is 0 Å². The number of H-pyrrole nitrogens is 1. The molecule has 1 radical (unpaired) electrons. The first-order chi connectivity index (χ1) is 13.5. The van der Waals surface area contributed by atoms with Gasteiger partial charge in [0.2, 0.25) is 0 Å². The standard InChI is InChI=1S/C19H24BN2O6/c1-4-25-17(20)16(22-18(23)26-5-2)9-12-11-21-15-8-7-13(10-14(12)15)28-19(24)27-6-3/h7-8,10-11,16,21H,4-6,9H2,1-3H3,(H,22,23). The second kappa shape index (κ2) is 10.4. The number of alkyl carbamates (subject to hydrolysis) is 1. The van der Waals surface area contributed by atoms with Gasteiger partial charge in [-0.05, 0) is 0 Å². The van der Waals surface area contributed by atoms with Gasteiger partial charge >= 0.3 is 164 Å². The molecule has 1 atom stereocenters. The van der Waals surface area contributed by atoms with Crippen LogP contribution in [-0.4, -0.2) is 56.2 Å². The van der Waals surface area contributed by atoms with Crippen LogP contribution < -0.4 is 10.1 Å². The van der Waals surface area contributed by atoms with Crippen LogP contribution in [0.5, 0.6) is 5.75 Å². The molecule has 2 aromatic rings. The molecule has 0 saturated heterocycles. The van der Waals surface area contributed by atoms with Gasteiger partial charge in [-0.2, -0.15) is 0 Å². The number of aromatic nitrogens is 1. The van der Waals surface area contributed by atoms with Crippen LogP contribution in [0.1, 0.15) is 26.3 Å². The van der Waals surface area contributed by atoms with Gasteiger partial charge in [-0.25, -0.2) is 0 Å². The average Bonchev–Trinajstić information content (AvgIpc) is 3.04. The molecule has 0 aliphatic carbocycles. The molecule has 28 heavy (non-hydrogen) atoms. The van der Waals surface area contributed by atoms with Crippen molar-refractivity contribution in [3.63, 3.8) is 0 Å². The number of rotatable bonds is 9. The molecular formula is C19H24BN2O6. The predicted octanol–water partition coefficient (Wildman–Crippen LogP) is 2.70. The van der Waals surface area contributed by atoms with E-state index in [1.807, 2.05) is 0 Å². The SMILES string of the molecule is [B]=C(OCC)C(Cc1c[nH]c2ccc(OC(=O)OCC)cc12)NC(=O)OCC. The molecule has 0 fully saturated rings. The van der Waals surface area contributed by atoms with E-state index in [4.69, 9.17) is 26.4 Å². The molecule has 0 spiro atoms. The van der Waals surface area contributed by atoms with Crippen molar-refractivity contribution >= 4 is 36.3 Å². The van der Waals surface area contributed by atoms with Crippen LogP contribution in [0.25, 0.3) is 10.9 Å². The molecule has 9 heteroatoms. The minimum absolute atomic E-state index is 0.184. The Kier molecular flexibility index (Phi) is 7.92. The Bertz CT molecular complexity index is 835. The first-order valence-corrected chi connectivity index (χ1v) is 9.11. The molecule has 2 rings (SSSR count). The van der Waals surface area contributed by atoms with Gasteiger partial charge in [0.15, 0.2) is 0 Å². The molecule has 0 aliphatic rings. The van der Waals surface area contributed by atoms with E-state index in [1.165, 1.54) is 0 Å². The minimum atomic E-state index is -0.769. The van der Waals surface area contributed by atoms with Crippen molar-refractivity contribution in [1.82, 2.24) is 10.3 Å². The molecule has 1 aromatic heterocycles. The van der Waals surface area contributed by atoms with Crippen LogP contribution in [0.15, 0.2) is 24.4 Å². The number of carbonyl (C=O) groups is 2. The van der Waals surface area contributed by atoms with Gasteiger partial charge in [0.05, 0.1) is 0 Å². The molecule has 0 bridgehead atoms. The first kappa shape index (κ1) is 21.3. The number of benzene rings is 1. The fourth-order valence-corrected chi connectivity index (χ4v) is 2.66. The zero-order valence-corrected chi connectivity index (χ0v) is 16.2. The van der Waals surface area contributed by atoms with Crippen LogP contribution in [0.3, 0.4) is 0 Å². The van der Waals surface area contributed by atoms with Gasteiger partial charge in [-0.15, -0.1) is 0 Å². The van der Waals surface area contributed by atoms with E-state index in [9.17, 15) is 9.59 Å². The Balaban J connectivity index is 2.23. The summed E-state index contributed by atoms with van der Waals surface area (Å²) in [5, 5.41) is 3.52. The van der Waals surface area contributed by atoms with E-state index in [0.717, 1.165) is 16.5 Å². The zero-order valence-electron chi connectivity index (χ0n) is 16.2. The summed E-state index contributed by atoms with van der Waals surface area (Å²) in [6.45, 7) is 6.07. The maximum absolute atomic E-state index is 11.9. The number of hydrogen-bond donors (Lipinski definition) is 2. The van der Waals surface area contributed by atoms with Gasteiger partial charge in [0, 0.05) is 0 Å². The molecule has 149 valence electrons. The van der Waals surface area contributed by atoms with Crippen molar-refractivity contribution in [3.05, 3.63) is 30.0 Å². The third kappa shape index (κ3) is 5.77. The summed E-state index contributed by atoms with van der Waals surface area (Å²) < 4.78 is 20.3. The van der Waals surface area contributed by atoms with E-state index in [-0.39, 0.29) is 18.9 Å². The van der Waals surface area contributed by atoms with Gasteiger partial charge in [-0.1, -0.05) is 0 Å². The Hall–Kier alpha value is -2.97. The number of hydrogen-bond acceptors (Lipinski definition) is 6. The first-order valence-electron chi connectivity index (χ1n) is 9.11. The second-order valence-corrected chi connectivity index (χ2v) is 5.76. The molecule has 1 heterocycles. The summed E-state index contributed by atoms with van der Waals surface area (Å²) >= 11 is 0. The average molecular weight is 387 g/mol. The van der Waals surface area contributed by atoms with Crippen LogP contribution in [0.2, 0.25) is 0 Å². The summed E-state index contributed by atoms with van der Waals surface area (Å²) in [5.74, 6) is 0.350. The summed E-state index contributed by atoms with van der Waals surface area (Å²) in [5.41, 5.74) is 1.88. The van der Waals surface area contributed by atoms with Gasteiger partial charge < -0.3 is 0 Å². The van der Waals surface area contributed by atoms with E-state index in [1.54, 1.807) is 45.2 Å². The predicted molar refractivity (Wildman–Crippen MR) is 106 cm³/mol. The van der Waals surface area contributed by atoms with Crippen molar-refractivity contribution in [2.24, 2.45) is 0 Å². The zero-order chi connectivity index (χ0) is 20.5. The third-order valence-electron chi connectivity index (χ3n) is 3.85. The summed E-state index contributed by atoms with van der Waals surface area (Å²) in [7, 11) is 5.99. The fourth-order valence-electron chi connectivity index (χ4n) is 2.66. The number of aromatic amines is 1. The normalized spacial score (nSPS) is 11.5. The second-order valence-electron chi connectivity index (χ2n) is 5.76. The number of carbonyl (C=O) groups excluding carboxylic acids is 2. The summed E-state index contributed by atoms with van der Waals surface area (Å²) in [6, 6.07) is 4.58. The molecular weight excluding hydrogens is 363 g/mol. The fraction of sp³-hybridized carbons (Fsp3) is 0.421. The van der Waals surface area contributed by atoms with Crippen molar-refractivity contribution in [2.45, 2.75) is 33.2 Å². The van der Waals surface area contributed by atoms with Gasteiger partial charge in [0.25, 0.3) is 0 Å². The van der Waals surface area contributed by atoms with Crippen molar-refractivity contribution in [2.75, 3.05) is 19.8 Å². The number of ether oxygens (including phenoxy) is 4. The van der Waals surface area contributed by atoms with Crippen LogP contribution in [0.4, 0.5) is 9.59 Å². The van der Waals surface area contributed by atoms with Gasteiger partial charge in [0.1, 0.15) is 0 Å². The van der Waals surface area contributed by atoms with E-state index < -0.39 is 18.3 Å². The number of fused-ring (bicyclic) bond motifs is 1. The van der Waals surface area contributed by atoms with E-state index in [2.05, 4.69) is 10.3 Å². The number of nitrogens with one attached hydrogen (secondary N) is 2. The Morgan fingerprint density at radius 2 is 1.82 bits per heavy atom. The Labute approximate surface area is 164 Å². The van der Waals surface area contributed by atoms with E-state index >= 15 is 0 Å². The molecule has 1 amide bonds. The van der Waals surface area contributed by atoms with Crippen LogP contribution >= 0.6 is 0 Å². The van der Waals surface area contributed by atoms with Crippen molar-refractivity contribution in [3.8, 4) is 5.75 Å². The Morgan fingerprint density at radius 1 is 1.11 bits per heavy atom.